The average Bonchev–Trinajstić information content (AvgIpc) is 3.37. The Morgan fingerprint density at radius 3 is 3.00 bits per heavy atom. The van der Waals surface area contributed by atoms with Crippen LogP contribution in [0.15, 0.2) is 46.6 Å². The lowest BCUT2D eigenvalue weighted by Crippen LogP contribution is -2.57. The standard InChI is InChI=1S/C18H18N4O2S/c1-13-15(11-24-19-13)17(23)22-8-7-21-10-14-4-2-6-20(14)12-18(21,22)16-5-3-9-25-16/h2-6,9,11H,7-8,10,12H2,1H3. The normalized spacial score (nSPS) is 22.8. The van der Waals surface area contributed by atoms with E-state index in [0.717, 1.165) is 19.6 Å². The van der Waals surface area contributed by atoms with Crippen LogP contribution < -0.4 is 0 Å². The maximum absolute atomic E-state index is 13.3. The lowest BCUT2D eigenvalue weighted by atomic mass is 10.0. The fraction of sp³-hybridized carbons (Fsp3) is 0.333. The molecule has 1 atom stereocenters. The number of amides is 1. The monoisotopic (exact) mass is 354 g/mol. The number of fused-ring (bicyclic) bond motifs is 2. The van der Waals surface area contributed by atoms with Gasteiger partial charge in [0.15, 0.2) is 5.66 Å². The van der Waals surface area contributed by atoms with Crippen LogP contribution in [-0.2, 0) is 18.8 Å². The highest BCUT2D eigenvalue weighted by Crippen LogP contribution is 2.45. The summed E-state index contributed by atoms with van der Waals surface area (Å²) in [6, 6.07) is 8.44. The molecule has 6 nitrogen and oxygen atoms in total. The smallest absolute Gasteiger partial charge is 0.260 e. The zero-order chi connectivity index (χ0) is 17.0. The van der Waals surface area contributed by atoms with Crippen LogP contribution in [-0.4, -0.2) is 38.5 Å². The first-order valence-electron chi connectivity index (χ1n) is 8.36. The van der Waals surface area contributed by atoms with Gasteiger partial charge in [-0.1, -0.05) is 11.2 Å². The van der Waals surface area contributed by atoms with Crippen molar-refractivity contribution >= 4 is 17.2 Å². The molecule has 5 heterocycles. The highest BCUT2D eigenvalue weighted by molar-refractivity contribution is 7.10. The molecule has 0 aliphatic carbocycles. The van der Waals surface area contributed by atoms with Crippen molar-refractivity contribution in [3.63, 3.8) is 0 Å². The third-order valence-corrected chi connectivity index (χ3v) is 6.38. The van der Waals surface area contributed by atoms with E-state index in [2.05, 4.69) is 50.5 Å². The quantitative estimate of drug-likeness (QED) is 0.710. The van der Waals surface area contributed by atoms with Crippen molar-refractivity contribution in [2.45, 2.75) is 25.7 Å². The zero-order valence-electron chi connectivity index (χ0n) is 13.9. The topological polar surface area (TPSA) is 54.5 Å². The second-order valence-electron chi connectivity index (χ2n) is 6.61. The predicted octanol–water partition coefficient (Wildman–Crippen LogP) is 2.67. The number of nitrogens with zero attached hydrogens (tertiary/aromatic N) is 4. The maximum Gasteiger partial charge on any atom is 0.260 e. The summed E-state index contributed by atoms with van der Waals surface area (Å²) in [5, 5.41) is 5.97. The number of aromatic nitrogens is 2. The van der Waals surface area contributed by atoms with Gasteiger partial charge in [0.1, 0.15) is 11.8 Å². The molecule has 1 amide bonds. The SMILES string of the molecule is Cc1nocc1C(=O)N1CCN2Cc3cccn3CC21c1cccs1. The Balaban J connectivity index is 1.65. The van der Waals surface area contributed by atoms with E-state index in [4.69, 9.17) is 4.52 Å². The molecule has 0 radical (unpaired) electrons. The van der Waals surface area contributed by atoms with Gasteiger partial charge < -0.3 is 14.0 Å². The van der Waals surface area contributed by atoms with Crippen LogP contribution in [0.1, 0.15) is 26.6 Å². The summed E-state index contributed by atoms with van der Waals surface area (Å²) in [4.78, 5) is 19.0. The third-order valence-electron chi connectivity index (χ3n) is 5.37. The van der Waals surface area contributed by atoms with Gasteiger partial charge in [0.05, 0.1) is 12.2 Å². The minimum absolute atomic E-state index is 0.00902. The molecule has 2 aliphatic rings. The summed E-state index contributed by atoms with van der Waals surface area (Å²) >= 11 is 1.71. The third kappa shape index (κ3) is 1.99. The molecule has 0 saturated carbocycles. The zero-order valence-corrected chi connectivity index (χ0v) is 14.7. The number of rotatable bonds is 2. The van der Waals surface area contributed by atoms with E-state index in [9.17, 15) is 4.79 Å². The Kier molecular flexibility index (Phi) is 3.17. The molecule has 5 rings (SSSR count). The summed E-state index contributed by atoms with van der Waals surface area (Å²) in [5.41, 5.74) is 2.04. The molecule has 3 aromatic rings. The number of thiophene rings is 1. The van der Waals surface area contributed by atoms with E-state index in [1.54, 1.807) is 11.3 Å². The van der Waals surface area contributed by atoms with Gasteiger partial charge in [-0.3, -0.25) is 9.69 Å². The van der Waals surface area contributed by atoms with Crippen LogP contribution in [0.5, 0.6) is 0 Å². The van der Waals surface area contributed by atoms with Gasteiger partial charge >= 0.3 is 0 Å². The molecule has 0 N–H and O–H groups in total. The van der Waals surface area contributed by atoms with Gasteiger partial charge in [-0.2, -0.15) is 0 Å². The Morgan fingerprint density at radius 2 is 2.24 bits per heavy atom. The van der Waals surface area contributed by atoms with Crippen molar-refractivity contribution in [3.8, 4) is 0 Å². The average molecular weight is 354 g/mol. The van der Waals surface area contributed by atoms with Crippen molar-refractivity contribution in [3.05, 3.63) is 63.9 Å². The van der Waals surface area contributed by atoms with Crippen molar-refractivity contribution in [1.29, 1.82) is 0 Å². The molecule has 7 heteroatoms. The van der Waals surface area contributed by atoms with Crippen LogP contribution in [0.2, 0.25) is 0 Å². The highest BCUT2D eigenvalue weighted by Gasteiger charge is 2.54. The molecule has 0 aromatic carbocycles. The lowest BCUT2D eigenvalue weighted by molar-refractivity contribution is -0.0170. The fourth-order valence-corrected chi connectivity index (χ4v) is 5.08. The van der Waals surface area contributed by atoms with Crippen molar-refractivity contribution < 1.29 is 9.32 Å². The fourth-order valence-electron chi connectivity index (χ4n) is 4.12. The maximum atomic E-state index is 13.3. The second-order valence-corrected chi connectivity index (χ2v) is 7.56. The summed E-state index contributed by atoms with van der Waals surface area (Å²) in [6.45, 7) is 4.96. The van der Waals surface area contributed by atoms with E-state index in [1.165, 1.54) is 16.8 Å². The number of carbonyl (C=O) groups excluding carboxylic acids is 1. The Labute approximate surface area is 149 Å². The Bertz CT molecular complexity index is 929. The predicted molar refractivity (Wildman–Crippen MR) is 93.1 cm³/mol. The molecule has 128 valence electrons. The molecule has 0 spiro atoms. The summed E-state index contributed by atoms with van der Waals surface area (Å²) in [6.07, 6.45) is 3.57. The van der Waals surface area contributed by atoms with Crippen LogP contribution in [0.25, 0.3) is 0 Å². The van der Waals surface area contributed by atoms with Crippen LogP contribution in [0.4, 0.5) is 0 Å². The summed E-state index contributed by atoms with van der Waals surface area (Å²) < 4.78 is 7.28. The molecular formula is C18H18N4O2S. The van der Waals surface area contributed by atoms with Crippen molar-refractivity contribution in [1.82, 2.24) is 19.5 Å². The van der Waals surface area contributed by atoms with E-state index < -0.39 is 5.66 Å². The van der Waals surface area contributed by atoms with Gasteiger partial charge in [0.25, 0.3) is 5.91 Å². The summed E-state index contributed by atoms with van der Waals surface area (Å²) in [5.74, 6) is -0.00902. The molecule has 1 saturated heterocycles. The first kappa shape index (κ1) is 14.9. The van der Waals surface area contributed by atoms with E-state index in [0.29, 0.717) is 17.8 Å². The minimum atomic E-state index is -0.443. The van der Waals surface area contributed by atoms with Crippen LogP contribution in [0.3, 0.4) is 0 Å². The number of hydrogen-bond acceptors (Lipinski definition) is 5. The van der Waals surface area contributed by atoms with E-state index >= 15 is 0 Å². The number of carbonyl (C=O) groups is 1. The van der Waals surface area contributed by atoms with Gasteiger partial charge in [-0.25, -0.2) is 0 Å². The Morgan fingerprint density at radius 1 is 1.32 bits per heavy atom. The van der Waals surface area contributed by atoms with E-state index in [-0.39, 0.29) is 5.91 Å². The number of hydrogen-bond donors (Lipinski definition) is 0. The molecule has 2 aliphatic heterocycles. The van der Waals surface area contributed by atoms with E-state index in [1.807, 2.05) is 11.8 Å². The molecule has 1 unspecified atom stereocenters. The van der Waals surface area contributed by atoms with Gasteiger partial charge in [-0.05, 0) is 30.5 Å². The lowest BCUT2D eigenvalue weighted by Gasteiger charge is -2.46. The van der Waals surface area contributed by atoms with Crippen LogP contribution in [0, 0.1) is 6.92 Å². The first-order valence-corrected chi connectivity index (χ1v) is 9.24. The van der Waals surface area contributed by atoms with Gasteiger partial charge in [0.2, 0.25) is 0 Å². The second kappa shape index (κ2) is 5.31. The molecule has 3 aromatic heterocycles. The summed E-state index contributed by atoms with van der Waals surface area (Å²) in [7, 11) is 0. The van der Waals surface area contributed by atoms with Crippen molar-refractivity contribution in [2.24, 2.45) is 0 Å². The van der Waals surface area contributed by atoms with Crippen LogP contribution >= 0.6 is 11.3 Å². The molecular weight excluding hydrogens is 336 g/mol. The highest BCUT2D eigenvalue weighted by atomic mass is 32.1. The molecule has 25 heavy (non-hydrogen) atoms. The molecule has 0 bridgehead atoms. The van der Waals surface area contributed by atoms with Crippen molar-refractivity contribution in [2.75, 3.05) is 13.1 Å². The Hall–Kier alpha value is -2.38. The minimum Gasteiger partial charge on any atom is -0.364 e. The number of aryl methyl sites for hydroxylation is 1. The van der Waals surface area contributed by atoms with Gasteiger partial charge in [-0.15, -0.1) is 11.3 Å². The molecule has 1 fully saturated rings. The van der Waals surface area contributed by atoms with Gasteiger partial charge in [0, 0.05) is 36.4 Å². The first-order chi connectivity index (χ1) is 12.2. The largest absolute Gasteiger partial charge is 0.364 e.